The highest BCUT2D eigenvalue weighted by molar-refractivity contribution is 7.99. The number of hydrogen-bond donors (Lipinski definition) is 3. The molecule has 3 aromatic rings. The van der Waals surface area contributed by atoms with E-state index in [1.54, 1.807) is 19.2 Å². The quantitative estimate of drug-likeness (QED) is 0.258. The monoisotopic (exact) mass is 782 g/mol. The van der Waals surface area contributed by atoms with E-state index in [2.05, 4.69) is 27.3 Å². The third-order valence-electron chi connectivity index (χ3n) is 13.3. The van der Waals surface area contributed by atoms with Gasteiger partial charge >= 0.3 is 11.9 Å². The number of carbonyl (C=O) groups is 2. The molecule has 3 unspecified atom stereocenters. The Hall–Kier alpha value is -4.88. The molecule has 7 aliphatic heterocycles. The first-order valence-corrected chi connectivity index (χ1v) is 19.9. The van der Waals surface area contributed by atoms with Gasteiger partial charge in [-0.05, 0) is 68.1 Å². The lowest BCUT2D eigenvalue weighted by Crippen LogP contribution is -2.71. The number of nitrogens with zero attached hydrogens (tertiary/aromatic N) is 3. The Morgan fingerprint density at radius 1 is 1.09 bits per heavy atom. The van der Waals surface area contributed by atoms with Gasteiger partial charge in [0.15, 0.2) is 40.0 Å². The largest absolute Gasteiger partial charge is 0.504 e. The lowest BCUT2D eigenvalue weighted by Gasteiger charge is -2.62. The van der Waals surface area contributed by atoms with Crippen molar-refractivity contribution >= 4 is 23.7 Å². The van der Waals surface area contributed by atoms with Crippen molar-refractivity contribution in [1.29, 1.82) is 5.26 Å². The normalized spacial score (nSPS) is 31.8. The maximum Gasteiger partial charge on any atom is 0.332 e. The highest BCUT2D eigenvalue weighted by Crippen LogP contribution is 2.72. The first-order chi connectivity index (χ1) is 26.9. The Bertz CT molecular complexity index is 2330. The number of thioether (sulfide) groups is 1. The number of piperazine rings is 1. The summed E-state index contributed by atoms with van der Waals surface area (Å²) in [5, 5.41) is 37.2. The van der Waals surface area contributed by atoms with Crippen LogP contribution in [-0.2, 0) is 38.2 Å². The summed E-state index contributed by atoms with van der Waals surface area (Å²) in [5.41, 5.74) is 3.48. The van der Waals surface area contributed by atoms with E-state index in [9.17, 15) is 25.1 Å². The maximum atomic E-state index is 15.0. The molecule has 3 aromatic carbocycles. The minimum absolute atomic E-state index is 0.0182. The fraction of sp³-hybridized carbons (Fsp3) is 0.488. The number of benzene rings is 3. The van der Waals surface area contributed by atoms with Crippen molar-refractivity contribution in [3.63, 3.8) is 0 Å². The number of phenols is 2. The number of rotatable bonds is 3. The van der Waals surface area contributed by atoms with Gasteiger partial charge in [-0.3, -0.25) is 19.9 Å². The topological polar surface area (TPSA) is 172 Å². The van der Waals surface area contributed by atoms with E-state index in [-0.39, 0.29) is 35.8 Å². The van der Waals surface area contributed by atoms with Gasteiger partial charge in [0.05, 0.1) is 37.1 Å². The summed E-state index contributed by atoms with van der Waals surface area (Å²) >= 11 is 1.50. The number of esters is 2. The van der Waals surface area contributed by atoms with Crippen molar-refractivity contribution < 1.29 is 48.2 Å². The van der Waals surface area contributed by atoms with Crippen LogP contribution in [0.5, 0.6) is 40.2 Å². The van der Waals surface area contributed by atoms with Crippen molar-refractivity contribution in [3.05, 3.63) is 62.7 Å². The summed E-state index contributed by atoms with van der Waals surface area (Å²) in [6, 6.07) is 6.15. The van der Waals surface area contributed by atoms with Gasteiger partial charge in [-0.15, -0.1) is 11.8 Å². The molecule has 3 N–H and O–H groups in total. The number of aromatic hydroxyl groups is 2. The molecule has 7 heterocycles. The van der Waals surface area contributed by atoms with Gasteiger partial charge in [0.25, 0.3) is 0 Å². The number of hydrogen-bond acceptors (Lipinski definition) is 15. The summed E-state index contributed by atoms with van der Waals surface area (Å²) < 4.78 is 36.6. The molecule has 292 valence electrons. The highest BCUT2D eigenvalue weighted by Gasteiger charge is 2.75. The summed E-state index contributed by atoms with van der Waals surface area (Å²) in [4.78, 5) is 32.5. The van der Waals surface area contributed by atoms with Crippen LogP contribution in [0.25, 0.3) is 0 Å². The Kier molecular flexibility index (Phi) is 7.65. The molecule has 1 saturated carbocycles. The molecule has 0 amide bonds. The number of ether oxygens (including phenoxy) is 6. The third-order valence-corrected chi connectivity index (χ3v) is 14.8. The lowest BCUT2D eigenvalue weighted by atomic mass is 9.70. The van der Waals surface area contributed by atoms with Crippen LogP contribution in [0.3, 0.4) is 0 Å². The zero-order valence-corrected chi connectivity index (χ0v) is 32.7. The van der Waals surface area contributed by atoms with E-state index < -0.39 is 52.5 Å². The number of fused-ring (bicyclic) bond motifs is 8. The average Bonchev–Trinajstić information content (AvgIpc) is 3.61. The van der Waals surface area contributed by atoms with Gasteiger partial charge < -0.3 is 38.6 Å². The molecule has 11 rings (SSSR count). The van der Waals surface area contributed by atoms with Crippen LogP contribution in [0.1, 0.15) is 69.1 Å². The van der Waals surface area contributed by atoms with E-state index in [1.165, 1.54) is 25.8 Å². The second kappa shape index (κ2) is 12.1. The molecule has 8 atom stereocenters. The van der Waals surface area contributed by atoms with Crippen LogP contribution in [0.2, 0.25) is 0 Å². The average molecular weight is 783 g/mol. The van der Waals surface area contributed by atoms with Crippen LogP contribution in [0.4, 0.5) is 0 Å². The Balaban J connectivity index is 1.28. The number of phenolic OH excluding ortho intramolecular Hbond substituents is 2. The number of carbonyl (C=O) groups excluding carboxylic acids is 2. The molecule has 15 heteroatoms. The maximum absolute atomic E-state index is 15.0. The van der Waals surface area contributed by atoms with Crippen molar-refractivity contribution in [1.82, 2.24) is 15.1 Å². The Morgan fingerprint density at radius 2 is 1.88 bits per heavy atom. The van der Waals surface area contributed by atoms with Gasteiger partial charge in [-0.2, -0.15) is 5.26 Å². The second-order valence-corrected chi connectivity index (χ2v) is 17.1. The molecule has 2 saturated heterocycles. The van der Waals surface area contributed by atoms with Crippen LogP contribution >= 0.6 is 11.8 Å². The van der Waals surface area contributed by atoms with Crippen LogP contribution in [0.15, 0.2) is 18.2 Å². The summed E-state index contributed by atoms with van der Waals surface area (Å²) in [6.45, 7) is 5.51. The van der Waals surface area contributed by atoms with Crippen molar-refractivity contribution in [2.24, 2.45) is 0 Å². The Labute approximate surface area is 327 Å². The fourth-order valence-corrected chi connectivity index (χ4v) is 12.7. The smallest absolute Gasteiger partial charge is 0.332 e. The van der Waals surface area contributed by atoms with Gasteiger partial charge in [0, 0.05) is 60.0 Å². The summed E-state index contributed by atoms with van der Waals surface area (Å²) in [6.07, 6.45) is 0.648. The first kappa shape index (κ1) is 35.5. The molecule has 8 aliphatic rings. The third kappa shape index (κ3) is 4.38. The number of aryl methyl sites for hydroxylation is 1. The standard InChI is InChI=1S/C41H42N4O10S/c1-17-9-21-10-23-24(14-42)45-32(31(44(23)4)28(21)33(48)34(17)51-6)38-29-30(37-36(52-16-53-37)18(2)35(29)54-19(3)46)41(45)13-27(41)55-39(49)40(15-56-38)22-12-26(50-5)25(47)11-20(22)7-8-43-40/h9,11-12,23-24,27,31-32,38,43,47-48H,7-8,10,13,15-16H2,1-6H3/t23-,24-,27?,31+,32?,38+,40+,41?/m0/s1. The highest BCUT2D eigenvalue weighted by atomic mass is 32.2. The SMILES string of the molecule is COc1cc2c(cc1O)CCN[C@]21CS[C@@H]2c3c(OC(C)=O)c(C)c4c(c3C3(CC3OC1=O)N1C2[C@H]2c3c(cc(C)c(OC)c3O)C[C@@H]([C@@H]1C#N)N2C)OCO4. The zero-order valence-electron chi connectivity index (χ0n) is 31.8. The van der Waals surface area contributed by atoms with E-state index in [0.717, 1.165) is 27.8 Å². The lowest BCUT2D eigenvalue weighted by molar-refractivity contribution is -0.158. The molecule has 14 nitrogen and oxygen atoms in total. The molecule has 0 aromatic heterocycles. The van der Waals surface area contributed by atoms with E-state index in [1.807, 2.05) is 20.9 Å². The second-order valence-electron chi connectivity index (χ2n) is 15.9. The van der Waals surface area contributed by atoms with E-state index >= 15 is 0 Å². The summed E-state index contributed by atoms with van der Waals surface area (Å²) in [7, 11) is 5.02. The number of methoxy groups -OCH3 is 2. The van der Waals surface area contributed by atoms with Gasteiger partial charge in [0.2, 0.25) is 6.79 Å². The first-order valence-electron chi connectivity index (χ1n) is 18.8. The molecule has 2 spiro atoms. The number of likely N-dealkylation sites (N-methyl/N-ethyl adjacent to an activating group) is 1. The molecular formula is C41H42N4O10S. The molecule has 1 aliphatic carbocycles. The van der Waals surface area contributed by atoms with Crippen molar-refractivity contribution in [2.45, 2.75) is 86.6 Å². The molecule has 3 fully saturated rings. The Morgan fingerprint density at radius 3 is 2.61 bits per heavy atom. The molecule has 0 radical (unpaired) electrons. The van der Waals surface area contributed by atoms with Gasteiger partial charge in [0.1, 0.15) is 17.9 Å². The van der Waals surface area contributed by atoms with Crippen LogP contribution in [0, 0.1) is 25.2 Å². The molecule has 56 heavy (non-hydrogen) atoms. The molecule has 4 bridgehead atoms. The summed E-state index contributed by atoms with van der Waals surface area (Å²) in [5.74, 6) is 1.12. The van der Waals surface area contributed by atoms with Crippen LogP contribution < -0.4 is 29.0 Å². The van der Waals surface area contributed by atoms with E-state index in [0.29, 0.717) is 65.5 Å². The fourth-order valence-electron chi connectivity index (χ4n) is 11.0. The van der Waals surface area contributed by atoms with E-state index in [4.69, 9.17) is 28.4 Å². The number of nitrogens with one attached hydrogen (secondary N) is 1. The van der Waals surface area contributed by atoms with Gasteiger partial charge in [-0.25, -0.2) is 4.79 Å². The minimum atomic E-state index is -1.36. The number of nitriles is 1. The minimum Gasteiger partial charge on any atom is -0.504 e. The zero-order chi connectivity index (χ0) is 39.2. The predicted molar refractivity (Wildman–Crippen MR) is 200 cm³/mol. The molecular weight excluding hydrogens is 741 g/mol. The van der Waals surface area contributed by atoms with Crippen molar-refractivity contribution in [3.8, 4) is 46.3 Å². The van der Waals surface area contributed by atoms with Crippen molar-refractivity contribution in [2.75, 3.05) is 40.4 Å². The van der Waals surface area contributed by atoms with Gasteiger partial charge in [-0.1, -0.05) is 6.07 Å². The van der Waals surface area contributed by atoms with Crippen LogP contribution in [-0.4, -0.2) is 96.5 Å². The predicted octanol–water partition coefficient (Wildman–Crippen LogP) is 3.91.